The minimum atomic E-state index is -0.132. The number of H-pyrrole nitrogens is 2. The van der Waals surface area contributed by atoms with Crippen LogP contribution in [0.1, 0.15) is 31.7 Å². The second-order valence-corrected chi connectivity index (χ2v) is 9.07. The summed E-state index contributed by atoms with van der Waals surface area (Å²) < 4.78 is 0. The Balaban J connectivity index is 1.52. The molecule has 2 amide bonds. The molecule has 0 saturated heterocycles. The number of aromatic amines is 2. The number of nitrogens with one attached hydrogen (secondary N) is 3. The molecule has 4 aromatic rings. The predicted octanol–water partition coefficient (Wildman–Crippen LogP) is 3.42. The van der Waals surface area contributed by atoms with Crippen LogP contribution in [0.25, 0.3) is 39.3 Å². The normalized spacial score (nSPS) is 13.0. The van der Waals surface area contributed by atoms with E-state index >= 15 is 0 Å². The molecule has 178 valence electrons. The highest BCUT2D eigenvalue weighted by Gasteiger charge is 2.25. The third kappa shape index (κ3) is 4.18. The lowest BCUT2D eigenvalue weighted by molar-refractivity contribution is -0.122. The zero-order valence-corrected chi connectivity index (χ0v) is 20.0. The molecule has 0 aromatic carbocycles. The number of pyridine rings is 2. The molecule has 10 heteroatoms. The lowest BCUT2D eigenvalue weighted by atomic mass is 9.99. The van der Waals surface area contributed by atoms with E-state index in [0.717, 1.165) is 35.0 Å². The molecule has 0 saturated carbocycles. The number of hydrogen-bond donors (Lipinski definition) is 3. The van der Waals surface area contributed by atoms with Gasteiger partial charge < -0.3 is 15.2 Å². The van der Waals surface area contributed by atoms with Crippen LogP contribution in [0.3, 0.4) is 0 Å². The van der Waals surface area contributed by atoms with Gasteiger partial charge in [0.1, 0.15) is 5.69 Å². The highest BCUT2D eigenvalue weighted by molar-refractivity contribution is 6.19. The first-order valence-corrected chi connectivity index (χ1v) is 11.4. The van der Waals surface area contributed by atoms with Crippen molar-refractivity contribution >= 4 is 34.1 Å². The minimum Gasteiger partial charge on any atom is -0.345 e. The van der Waals surface area contributed by atoms with Crippen molar-refractivity contribution in [3.8, 4) is 22.6 Å². The lowest BCUT2D eigenvalue weighted by Gasteiger charge is -2.15. The molecule has 3 N–H and O–H groups in total. The van der Waals surface area contributed by atoms with Crippen LogP contribution in [0.2, 0.25) is 0 Å². The van der Waals surface area contributed by atoms with E-state index in [4.69, 9.17) is 4.98 Å². The van der Waals surface area contributed by atoms with E-state index in [1.54, 1.807) is 37.6 Å². The molecule has 1 aliphatic carbocycles. The summed E-state index contributed by atoms with van der Waals surface area (Å²) in [6.07, 6.45) is 8.56. The van der Waals surface area contributed by atoms with Gasteiger partial charge in [-0.15, -0.1) is 0 Å². The number of anilines is 1. The molecule has 4 heterocycles. The number of hydrogen-bond acceptors (Lipinski definition) is 6. The van der Waals surface area contributed by atoms with Crippen molar-refractivity contribution in [3.05, 3.63) is 48.2 Å². The monoisotopic (exact) mass is 470 g/mol. The topological polar surface area (TPSA) is 133 Å². The predicted molar refractivity (Wildman–Crippen MR) is 133 cm³/mol. The molecule has 0 spiro atoms. The molecule has 0 unspecified atom stereocenters. The van der Waals surface area contributed by atoms with Crippen molar-refractivity contribution in [3.63, 3.8) is 0 Å². The molecule has 10 nitrogen and oxygen atoms in total. The quantitative estimate of drug-likeness (QED) is 0.409. The fourth-order valence-electron chi connectivity index (χ4n) is 4.01. The molecule has 4 aromatic heterocycles. The standard InChI is InChI=1S/C25H26N8O2/c1-13(2)24(34)28-16-8-14(10-26-12-16)15-9-18-21(31-32-22(18)27-11-15)23-29-19-7-5-6-17(20(19)30-23)25(35)33(3)4/h6,8-13H,5,7H2,1-4H3,(H,28,34)(H,29,30)(H,27,31,32). The smallest absolute Gasteiger partial charge is 0.255 e. The van der Waals surface area contributed by atoms with Gasteiger partial charge >= 0.3 is 0 Å². The molecule has 0 aliphatic heterocycles. The Bertz CT molecular complexity index is 1480. The Morgan fingerprint density at radius 3 is 2.69 bits per heavy atom. The molecule has 35 heavy (non-hydrogen) atoms. The number of rotatable bonds is 5. The van der Waals surface area contributed by atoms with Gasteiger partial charge in [0.05, 0.1) is 28.5 Å². The summed E-state index contributed by atoms with van der Waals surface area (Å²) in [5.41, 5.74) is 5.71. The SMILES string of the molecule is CC(C)C(=O)Nc1cncc(-c2cnc3n[nH]c(-c4nc5c([nH]4)CCC=C5C(=O)N(C)C)c3c2)c1. The number of allylic oxidation sites excluding steroid dienone is 1. The fourth-order valence-corrected chi connectivity index (χ4v) is 4.01. The van der Waals surface area contributed by atoms with Crippen LogP contribution in [0.5, 0.6) is 0 Å². The van der Waals surface area contributed by atoms with E-state index < -0.39 is 0 Å². The molecule has 5 rings (SSSR count). The van der Waals surface area contributed by atoms with Crippen molar-refractivity contribution < 1.29 is 9.59 Å². The fraction of sp³-hybridized carbons (Fsp3) is 0.280. The molecule has 0 fully saturated rings. The summed E-state index contributed by atoms with van der Waals surface area (Å²) in [7, 11) is 3.47. The number of amides is 2. The Hall–Kier alpha value is -4.34. The second-order valence-electron chi connectivity index (χ2n) is 9.07. The molecular weight excluding hydrogens is 444 g/mol. The zero-order chi connectivity index (χ0) is 24.7. The van der Waals surface area contributed by atoms with Crippen LogP contribution in [0, 0.1) is 5.92 Å². The summed E-state index contributed by atoms with van der Waals surface area (Å²) in [6.45, 7) is 3.68. The summed E-state index contributed by atoms with van der Waals surface area (Å²) >= 11 is 0. The Kier molecular flexibility index (Phi) is 5.64. The average molecular weight is 471 g/mol. The highest BCUT2D eigenvalue weighted by Crippen LogP contribution is 2.32. The van der Waals surface area contributed by atoms with Crippen LogP contribution in [-0.2, 0) is 16.0 Å². The number of likely N-dealkylation sites (N-methyl/N-ethyl adjacent to an activating group) is 1. The van der Waals surface area contributed by atoms with E-state index in [2.05, 4.69) is 30.5 Å². The van der Waals surface area contributed by atoms with Crippen LogP contribution >= 0.6 is 0 Å². The number of fused-ring (bicyclic) bond motifs is 2. The molecule has 0 radical (unpaired) electrons. The minimum absolute atomic E-state index is 0.0700. The molecule has 1 aliphatic rings. The van der Waals surface area contributed by atoms with E-state index in [9.17, 15) is 9.59 Å². The summed E-state index contributed by atoms with van der Waals surface area (Å²) in [5, 5.41) is 11.0. The average Bonchev–Trinajstić information content (AvgIpc) is 3.47. The van der Waals surface area contributed by atoms with Crippen LogP contribution in [-0.4, -0.2) is 60.9 Å². The van der Waals surface area contributed by atoms with E-state index in [1.807, 2.05) is 32.1 Å². The van der Waals surface area contributed by atoms with E-state index in [-0.39, 0.29) is 17.7 Å². The Labute approximate surface area is 201 Å². The maximum Gasteiger partial charge on any atom is 0.255 e. The Morgan fingerprint density at radius 2 is 1.91 bits per heavy atom. The summed E-state index contributed by atoms with van der Waals surface area (Å²) in [4.78, 5) is 43.2. The van der Waals surface area contributed by atoms with Gasteiger partial charge in [0.25, 0.3) is 5.91 Å². The van der Waals surface area contributed by atoms with Gasteiger partial charge in [-0.2, -0.15) is 5.10 Å². The molecular formula is C25H26N8O2. The lowest BCUT2D eigenvalue weighted by Crippen LogP contribution is -2.24. The van der Waals surface area contributed by atoms with Crippen molar-refractivity contribution in [1.29, 1.82) is 0 Å². The number of aromatic nitrogens is 6. The van der Waals surface area contributed by atoms with Crippen molar-refractivity contribution in [2.45, 2.75) is 26.7 Å². The second kappa shape index (κ2) is 8.79. The number of carbonyl (C=O) groups is 2. The number of aryl methyl sites for hydroxylation is 1. The van der Waals surface area contributed by atoms with Gasteiger partial charge in [0.2, 0.25) is 5.91 Å². The highest BCUT2D eigenvalue weighted by atomic mass is 16.2. The van der Waals surface area contributed by atoms with Gasteiger partial charge in [-0.3, -0.25) is 19.7 Å². The van der Waals surface area contributed by atoms with Crippen LogP contribution in [0.15, 0.2) is 36.8 Å². The van der Waals surface area contributed by atoms with Gasteiger partial charge in [-0.1, -0.05) is 19.9 Å². The van der Waals surface area contributed by atoms with Gasteiger partial charge in [-0.25, -0.2) is 9.97 Å². The zero-order valence-electron chi connectivity index (χ0n) is 20.0. The maximum absolute atomic E-state index is 12.6. The van der Waals surface area contributed by atoms with E-state index in [1.165, 1.54) is 0 Å². The van der Waals surface area contributed by atoms with Crippen LogP contribution < -0.4 is 5.32 Å². The third-order valence-electron chi connectivity index (χ3n) is 5.92. The number of imidazole rings is 1. The van der Waals surface area contributed by atoms with Gasteiger partial charge in [0, 0.05) is 49.2 Å². The number of carbonyl (C=O) groups excluding carboxylic acids is 2. The first-order chi connectivity index (χ1) is 16.8. The maximum atomic E-state index is 12.6. The Morgan fingerprint density at radius 1 is 1.11 bits per heavy atom. The van der Waals surface area contributed by atoms with E-state index in [0.29, 0.717) is 34.1 Å². The third-order valence-corrected chi connectivity index (χ3v) is 5.92. The first kappa shape index (κ1) is 22.5. The van der Waals surface area contributed by atoms with Gasteiger partial charge in [-0.05, 0) is 25.0 Å². The number of nitrogens with zero attached hydrogens (tertiary/aromatic N) is 5. The van der Waals surface area contributed by atoms with Crippen molar-refractivity contribution in [1.82, 2.24) is 35.0 Å². The summed E-state index contributed by atoms with van der Waals surface area (Å²) in [6, 6.07) is 3.83. The van der Waals surface area contributed by atoms with Crippen molar-refractivity contribution in [2.24, 2.45) is 5.92 Å². The van der Waals surface area contributed by atoms with Crippen LogP contribution in [0.4, 0.5) is 5.69 Å². The molecule has 0 bridgehead atoms. The van der Waals surface area contributed by atoms with Crippen molar-refractivity contribution in [2.75, 3.05) is 19.4 Å². The summed E-state index contributed by atoms with van der Waals surface area (Å²) in [5.74, 6) is 0.330. The largest absolute Gasteiger partial charge is 0.345 e. The molecule has 0 atom stereocenters. The first-order valence-electron chi connectivity index (χ1n) is 11.4. The van der Waals surface area contributed by atoms with Gasteiger partial charge in [0.15, 0.2) is 11.5 Å².